The number of carbonyl (C=O) groups is 2. The summed E-state index contributed by atoms with van der Waals surface area (Å²) in [4.78, 5) is 27.9. The van der Waals surface area contributed by atoms with Crippen LogP contribution in [0.2, 0.25) is 0 Å². The monoisotopic (exact) mass is 410 g/mol. The zero-order valence-electron chi connectivity index (χ0n) is 16.8. The van der Waals surface area contributed by atoms with Crippen molar-refractivity contribution in [3.63, 3.8) is 0 Å². The minimum atomic E-state index is -3.46. The van der Waals surface area contributed by atoms with E-state index in [1.165, 1.54) is 16.4 Å². The first kappa shape index (κ1) is 22.3. The van der Waals surface area contributed by atoms with Crippen LogP contribution >= 0.6 is 0 Å². The molecule has 1 fully saturated rings. The van der Waals surface area contributed by atoms with Crippen molar-refractivity contribution in [1.82, 2.24) is 14.1 Å². The van der Waals surface area contributed by atoms with Crippen LogP contribution in [0.15, 0.2) is 29.2 Å². The zero-order chi connectivity index (χ0) is 20.7. The number of anilines is 1. The Morgan fingerprint density at radius 2 is 1.61 bits per heavy atom. The molecule has 1 aromatic carbocycles. The zero-order valence-corrected chi connectivity index (χ0v) is 17.7. The first-order valence-corrected chi connectivity index (χ1v) is 11.1. The Balaban J connectivity index is 1.89. The van der Waals surface area contributed by atoms with Gasteiger partial charge in [-0.3, -0.25) is 14.5 Å². The van der Waals surface area contributed by atoms with Gasteiger partial charge in [0.25, 0.3) is 0 Å². The lowest BCUT2D eigenvalue weighted by Crippen LogP contribution is -2.41. The summed E-state index contributed by atoms with van der Waals surface area (Å²) >= 11 is 0. The Labute approximate surface area is 167 Å². The molecule has 8 nitrogen and oxygen atoms in total. The molecule has 2 amide bonds. The topological polar surface area (TPSA) is 90.0 Å². The van der Waals surface area contributed by atoms with Crippen molar-refractivity contribution in [2.24, 2.45) is 0 Å². The normalized spacial score (nSPS) is 15.0. The molecule has 9 heteroatoms. The second-order valence-electron chi connectivity index (χ2n) is 6.92. The Morgan fingerprint density at radius 1 is 1.04 bits per heavy atom. The standard InChI is InChI=1S/C19H30N4O4S/c1-4-22(5-2)19(25)15-21(3)14-18(24)20-16-8-10-17(11-9-16)28(26,27)23-12-6-7-13-23/h8-11H,4-7,12-15H2,1-3H3,(H,20,24). The third-order valence-corrected chi connectivity index (χ3v) is 6.69. The maximum absolute atomic E-state index is 12.5. The lowest BCUT2D eigenvalue weighted by atomic mass is 10.3. The molecule has 1 aliphatic heterocycles. The van der Waals surface area contributed by atoms with E-state index in [-0.39, 0.29) is 29.8 Å². The maximum Gasteiger partial charge on any atom is 0.243 e. The van der Waals surface area contributed by atoms with Crippen molar-refractivity contribution >= 4 is 27.5 Å². The second-order valence-corrected chi connectivity index (χ2v) is 8.86. The number of nitrogens with one attached hydrogen (secondary N) is 1. The van der Waals surface area contributed by atoms with Crippen LogP contribution in [0.1, 0.15) is 26.7 Å². The number of hydrogen-bond donors (Lipinski definition) is 1. The van der Waals surface area contributed by atoms with Gasteiger partial charge in [-0.25, -0.2) is 8.42 Å². The predicted molar refractivity (Wildman–Crippen MR) is 108 cm³/mol. The Morgan fingerprint density at radius 3 is 2.14 bits per heavy atom. The first-order chi connectivity index (χ1) is 13.3. The molecule has 1 heterocycles. The average Bonchev–Trinajstić information content (AvgIpc) is 3.18. The quantitative estimate of drug-likeness (QED) is 0.661. The van der Waals surface area contributed by atoms with E-state index >= 15 is 0 Å². The van der Waals surface area contributed by atoms with Crippen LogP contribution in [0.5, 0.6) is 0 Å². The molecule has 0 saturated carbocycles. The highest BCUT2D eigenvalue weighted by Crippen LogP contribution is 2.22. The number of likely N-dealkylation sites (N-methyl/N-ethyl adjacent to an activating group) is 2. The molecule has 1 N–H and O–H groups in total. The summed E-state index contributed by atoms with van der Waals surface area (Å²) in [6, 6.07) is 6.19. The molecule has 0 atom stereocenters. The number of rotatable bonds is 9. The number of benzene rings is 1. The molecule has 0 bridgehead atoms. The summed E-state index contributed by atoms with van der Waals surface area (Å²) in [6.45, 7) is 6.47. The number of sulfonamides is 1. The molecule has 28 heavy (non-hydrogen) atoms. The third-order valence-electron chi connectivity index (χ3n) is 4.78. The Bertz CT molecular complexity index is 770. The van der Waals surface area contributed by atoms with E-state index in [4.69, 9.17) is 0 Å². The van der Waals surface area contributed by atoms with E-state index in [2.05, 4.69) is 5.32 Å². The fourth-order valence-corrected chi connectivity index (χ4v) is 4.71. The van der Waals surface area contributed by atoms with Gasteiger partial charge < -0.3 is 10.2 Å². The molecule has 1 aliphatic rings. The van der Waals surface area contributed by atoms with Gasteiger partial charge in [-0.2, -0.15) is 4.31 Å². The summed E-state index contributed by atoms with van der Waals surface area (Å²) in [5.74, 6) is -0.276. The number of nitrogens with zero attached hydrogens (tertiary/aromatic N) is 3. The van der Waals surface area contributed by atoms with Gasteiger partial charge in [0, 0.05) is 31.9 Å². The maximum atomic E-state index is 12.5. The van der Waals surface area contributed by atoms with Gasteiger partial charge in [-0.15, -0.1) is 0 Å². The average molecular weight is 411 g/mol. The van der Waals surface area contributed by atoms with Crippen LogP contribution in [-0.2, 0) is 19.6 Å². The van der Waals surface area contributed by atoms with Crippen molar-refractivity contribution in [3.8, 4) is 0 Å². The third kappa shape index (κ3) is 5.76. The summed E-state index contributed by atoms with van der Waals surface area (Å²) in [7, 11) is -1.74. The van der Waals surface area contributed by atoms with Crippen LogP contribution in [0.25, 0.3) is 0 Å². The summed E-state index contributed by atoms with van der Waals surface area (Å²) in [6.07, 6.45) is 1.77. The van der Waals surface area contributed by atoms with E-state index in [0.717, 1.165) is 12.8 Å². The van der Waals surface area contributed by atoms with Gasteiger partial charge >= 0.3 is 0 Å². The number of hydrogen-bond acceptors (Lipinski definition) is 5. The van der Waals surface area contributed by atoms with Crippen LogP contribution in [0, 0.1) is 0 Å². The van der Waals surface area contributed by atoms with Gasteiger partial charge in [-0.05, 0) is 58.0 Å². The van der Waals surface area contributed by atoms with E-state index in [1.54, 1.807) is 29.0 Å². The van der Waals surface area contributed by atoms with Crippen LogP contribution in [0.4, 0.5) is 5.69 Å². The first-order valence-electron chi connectivity index (χ1n) is 9.64. The summed E-state index contributed by atoms with van der Waals surface area (Å²) in [5.41, 5.74) is 0.522. The van der Waals surface area contributed by atoms with E-state index in [1.807, 2.05) is 13.8 Å². The molecular formula is C19H30N4O4S. The minimum Gasteiger partial charge on any atom is -0.342 e. The van der Waals surface area contributed by atoms with Gasteiger partial charge in [-0.1, -0.05) is 0 Å². The molecule has 0 unspecified atom stereocenters. The van der Waals surface area contributed by atoms with Crippen LogP contribution < -0.4 is 5.32 Å². The van der Waals surface area contributed by atoms with E-state index < -0.39 is 10.0 Å². The van der Waals surface area contributed by atoms with E-state index in [9.17, 15) is 18.0 Å². The largest absolute Gasteiger partial charge is 0.342 e. The van der Waals surface area contributed by atoms with Crippen molar-refractivity contribution in [2.45, 2.75) is 31.6 Å². The smallest absolute Gasteiger partial charge is 0.243 e. The van der Waals surface area contributed by atoms with Crippen molar-refractivity contribution in [2.75, 3.05) is 51.6 Å². The highest BCUT2D eigenvalue weighted by molar-refractivity contribution is 7.89. The number of carbonyl (C=O) groups excluding carboxylic acids is 2. The highest BCUT2D eigenvalue weighted by Gasteiger charge is 2.27. The molecule has 0 radical (unpaired) electrons. The number of amides is 2. The molecule has 1 aromatic rings. The van der Waals surface area contributed by atoms with Crippen LogP contribution in [-0.4, -0.2) is 80.7 Å². The Hall–Kier alpha value is -1.97. The molecule has 0 aromatic heterocycles. The fraction of sp³-hybridized carbons (Fsp3) is 0.579. The van der Waals surface area contributed by atoms with Crippen molar-refractivity contribution in [1.29, 1.82) is 0 Å². The Kier molecular flexibility index (Phi) is 7.97. The molecule has 1 saturated heterocycles. The molecule has 0 aliphatic carbocycles. The van der Waals surface area contributed by atoms with E-state index in [0.29, 0.717) is 31.9 Å². The van der Waals surface area contributed by atoms with Gasteiger partial charge in [0.05, 0.1) is 18.0 Å². The SMILES string of the molecule is CCN(CC)C(=O)CN(C)CC(=O)Nc1ccc(S(=O)(=O)N2CCCC2)cc1. The molecular weight excluding hydrogens is 380 g/mol. The van der Waals surface area contributed by atoms with Crippen molar-refractivity contribution < 1.29 is 18.0 Å². The van der Waals surface area contributed by atoms with Crippen molar-refractivity contribution in [3.05, 3.63) is 24.3 Å². The van der Waals surface area contributed by atoms with Gasteiger partial charge in [0.1, 0.15) is 0 Å². The molecule has 0 spiro atoms. The minimum absolute atomic E-state index is 0.0169. The molecule has 2 rings (SSSR count). The second kappa shape index (κ2) is 9.99. The van der Waals surface area contributed by atoms with Crippen LogP contribution in [0.3, 0.4) is 0 Å². The molecule has 156 valence electrons. The van der Waals surface area contributed by atoms with Gasteiger partial charge in [0.15, 0.2) is 0 Å². The highest BCUT2D eigenvalue weighted by atomic mass is 32.2. The summed E-state index contributed by atoms with van der Waals surface area (Å²) < 4.78 is 26.5. The van der Waals surface area contributed by atoms with Gasteiger partial charge in [0.2, 0.25) is 21.8 Å². The predicted octanol–water partition coefficient (Wildman–Crippen LogP) is 1.21. The lowest BCUT2D eigenvalue weighted by Gasteiger charge is -2.22. The lowest BCUT2D eigenvalue weighted by molar-refractivity contribution is -0.132. The summed E-state index contributed by atoms with van der Waals surface area (Å²) in [5, 5.41) is 2.74. The fourth-order valence-electron chi connectivity index (χ4n) is 3.20.